The van der Waals surface area contributed by atoms with E-state index in [4.69, 9.17) is 9.97 Å². The molecule has 2 heterocycles. The van der Waals surface area contributed by atoms with Crippen LogP contribution in [0.1, 0.15) is 62.4 Å². The van der Waals surface area contributed by atoms with Crippen molar-refractivity contribution in [2.45, 2.75) is 59.3 Å². The molecule has 2 aromatic heterocycles. The number of para-hydroxylation sites is 1. The number of phenols is 1. The van der Waals surface area contributed by atoms with Crippen LogP contribution in [0, 0.1) is 19.9 Å². The molecule has 1 N–H and O–H groups in total. The Morgan fingerprint density at radius 2 is 1.08 bits per heavy atom. The van der Waals surface area contributed by atoms with E-state index in [0.29, 0.717) is 11.3 Å². The van der Waals surface area contributed by atoms with Gasteiger partial charge in [0.2, 0.25) is 0 Å². The first-order valence-corrected chi connectivity index (χ1v) is 22.4. The zero-order chi connectivity index (χ0) is 45.3. The second kappa shape index (κ2) is 18.9. The largest absolute Gasteiger partial charge is 0.507 e. The number of hydrogen-bond donors (Lipinski definition) is 1. The SMILES string of the molecule is Cc1cc(-c2cc(-c3ccccc3)cc(-c3[c-]c(N(c4ccccc4)c4cc(-c5ccc(C(C)(C)c6ccccc6)cc5)ccn4)cc(C(C)(C)C)c3)n2)c(O)c(C)c1-c1ccccc1.[Pt]. The molecule has 66 heavy (non-hydrogen) atoms. The molecule has 0 aliphatic rings. The smallest absolute Gasteiger partial charge is 0.136 e. The molecule has 9 aromatic rings. The predicted octanol–water partition coefficient (Wildman–Crippen LogP) is 16.0. The minimum atomic E-state index is -0.217. The van der Waals surface area contributed by atoms with Crippen molar-refractivity contribution in [2.75, 3.05) is 4.90 Å². The van der Waals surface area contributed by atoms with E-state index in [-0.39, 0.29) is 37.6 Å². The third kappa shape index (κ3) is 9.30. The molecule has 330 valence electrons. The second-order valence-corrected chi connectivity index (χ2v) is 18.5. The molecule has 0 radical (unpaired) electrons. The van der Waals surface area contributed by atoms with Crippen LogP contribution in [0.5, 0.6) is 5.75 Å². The fourth-order valence-electron chi connectivity index (χ4n) is 8.86. The average Bonchev–Trinajstić information content (AvgIpc) is 3.33. The van der Waals surface area contributed by atoms with Crippen molar-refractivity contribution in [3.8, 4) is 61.6 Å². The summed E-state index contributed by atoms with van der Waals surface area (Å²) in [7, 11) is 0. The molecular formula is C61H54N3OPt-. The van der Waals surface area contributed by atoms with Gasteiger partial charge in [0.05, 0.1) is 5.69 Å². The molecular weight excluding hydrogens is 986 g/mol. The van der Waals surface area contributed by atoms with Crippen molar-refractivity contribution in [2.24, 2.45) is 0 Å². The van der Waals surface area contributed by atoms with Crippen LogP contribution in [-0.2, 0) is 31.9 Å². The molecule has 0 fully saturated rings. The molecule has 0 unspecified atom stereocenters. The van der Waals surface area contributed by atoms with Crippen LogP contribution in [0.2, 0.25) is 0 Å². The molecule has 0 saturated carbocycles. The van der Waals surface area contributed by atoms with Gasteiger partial charge in [-0.15, -0.1) is 29.3 Å². The topological polar surface area (TPSA) is 49.2 Å². The van der Waals surface area contributed by atoms with Gasteiger partial charge in [-0.1, -0.05) is 174 Å². The van der Waals surface area contributed by atoms with Gasteiger partial charge >= 0.3 is 0 Å². The van der Waals surface area contributed by atoms with Gasteiger partial charge in [0, 0.05) is 43.9 Å². The molecule has 7 aromatic carbocycles. The number of rotatable bonds is 10. The number of nitrogens with zero attached hydrogens (tertiary/aromatic N) is 3. The Balaban J connectivity index is 0.00000592. The van der Waals surface area contributed by atoms with Gasteiger partial charge in [0.15, 0.2) is 0 Å². The van der Waals surface area contributed by atoms with Gasteiger partial charge in [0.1, 0.15) is 11.6 Å². The van der Waals surface area contributed by atoms with E-state index in [1.165, 1.54) is 11.1 Å². The number of benzene rings is 7. The van der Waals surface area contributed by atoms with E-state index < -0.39 is 0 Å². The number of aryl methyl sites for hydroxylation is 1. The number of aromatic nitrogens is 2. The molecule has 0 amide bonds. The quantitative estimate of drug-likeness (QED) is 0.139. The summed E-state index contributed by atoms with van der Waals surface area (Å²) in [5, 5.41) is 12.0. The minimum absolute atomic E-state index is 0. The first-order valence-electron chi connectivity index (χ1n) is 22.4. The van der Waals surface area contributed by atoms with Crippen LogP contribution in [0.15, 0.2) is 194 Å². The Morgan fingerprint density at radius 3 is 1.71 bits per heavy atom. The molecule has 5 heteroatoms. The Kier molecular flexibility index (Phi) is 13.1. The van der Waals surface area contributed by atoms with Crippen LogP contribution in [-0.4, -0.2) is 15.1 Å². The van der Waals surface area contributed by atoms with E-state index in [0.717, 1.165) is 78.5 Å². The Morgan fingerprint density at radius 1 is 0.515 bits per heavy atom. The summed E-state index contributed by atoms with van der Waals surface area (Å²) < 4.78 is 0. The summed E-state index contributed by atoms with van der Waals surface area (Å²) in [5.41, 5.74) is 16.3. The summed E-state index contributed by atoms with van der Waals surface area (Å²) in [6, 6.07) is 69.5. The number of pyridine rings is 2. The van der Waals surface area contributed by atoms with Crippen LogP contribution < -0.4 is 4.90 Å². The maximum absolute atomic E-state index is 12.0. The van der Waals surface area contributed by atoms with E-state index in [1.807, 2.05) is 43.5 Å². The molecule has 0 aliphatic heterocycles. The van der Waals surface area contributed by atoms with E-state index >= 15 is 0 Å². The van der Waals surface area contributed by atoms with Gasteiger partial charge in [-0.05, 0) is 123 Å². The van der Waals surface area contributed by atoms with Gasteiger partial charge in [-0.25, -0.2) is 4.98 Å². The zero-order valence-corrected chi connectivity index (χ0v) is 40.9. The second-order valence-electron chi connectivity index (χ2n) is 18.5. The fourth-order valence-corrected chi connectivity index (χ4v) is 8.86. The van der Waals surface area contributed by atoms with Crippen molar-refractivity contribution >= 4 is 17.2 Å². The van der Waals surface area contributed by atoms with E-state index in [2.05, 4.69) is 210 Å². The van der Waals surface area contributed by atoms with Gasteiger partial charge in [-0.2, -0.15) is 0 Å². The van der Waals surface area contributed by atoms with Crippen LogP contribution in [0.4, 0.5) is 17.2 Å². The third-order valence-electron chi connectivity index (χ3n) is 12.7. The summed E-state index contributed by atoms with van der Waals surface area (Å²) >= 11 is 0. The zero-order valence-electron chi connectivity index (χ0n) is 38.6. The van der Waals surface area contributed by atoms with E-state index in [9.17, 15) is 5.11 Å². The van der Waals surface area contributed by atoms with Crippen LogP contribution >= 0.6 is 0 Å². The van der Waals surface area contributed by atoms with E-state index in [1.54, 1.807) is 0 Å². The molecule has 4 nitrogen and oxygen atoms in total. The Hall–Kier alpha value is -6.87. The van der Waals surface area contributed by atoms with Crippen molar-refractivity contribution in [1.82, 2.24) is 9.97 Å². The molecule has 0 aliphatic carbocycles. The van der Waals surface area contributed by atoms with Gasteiger partial charge in [-0.3, -0.25) is 4.98 Å². The summed E-state index contributed by atoms with van der Waals surface area (Å²) in [6.45, 7) is 15.4. The maximum atomic E-state index is 12.0. The third-order valence-corrected chi connectivity index (χ3v) is 12.7. The van der Waals surface area contributed by atoms with Crippen LogP contribution in [0.25, 0.3) is 55.9 Å². The summed E-state index contributed by atoms with van der Waals surface area (Å²) in [6.07, 6.45) is 1.90. The Labute approximate surface area is 405 Å². The monoisotopic (exact) mass is 1040 g/mol. The van der Waals surface area contributed by atoms with Crippen molar-refractivity contribution in [3.05, 3.63) is 228 Å². The van der Waals surface area contributed by atoms with Gasteiger partial charge in [0.25, 0.3) is 0 Å². The van der Waals surface area contributed by atoms with Crippen molar-refractivity contribution in [3.63, 3.8) is 0 Å². The molecule has 9 rings (SSSR count). The standard InChI is InChI=1S/C61H54N3O.Pt/c1-41-34-54(59(65)42(2)58(41)45-22-14-9-15-23-45)56-38-47(43-20-12-8-13-21-43)37-55(63-56)48-35-51(60(3,4)5)40-53(36-48)64(52-26-18-11-19-27-52)57-39-46(32-33-62-57)44-28-30-50(31-29-44)61(6,7)49-24-16-10-17-25-49;/h8-35,37-40,65H,1-7H3;/q-1;. The molecule has 0 saturated heterocycles. The minimum Gasteiger partial charge on any atom is -0.507 e. The van der Waals surface area contributed by atoms with Gasteiger partial charge < -0.3 is 10.0 Å². The number of hydrogen-bond acceptors (Lipinski definition) is 4. The van der Waals surface area contributed by atoms with Crippen LogP contribution in [0.3, 0.4) is 0 Å². The maximum Gasteiger partial charge on any atom is 0.136 e. The first-order chi connectivity index (χ1) is 31.3. The summed E-state index contributed by atoms with van der Waals surface area (Å²) in [5.74, 6) is 0.999. The number of phenolic OH excluding ortho intramolecular Hbond substituents is 1. The number of anilines is 3. The predicted molar refractivity (Wildman–Crippen MR) is 271 cm³/mol. The van der Waals surface area contributed by atoms with Crippen molar-refractivity contribution < 1.29 is 26.2 Å². The summed E-state index contributed by atoms with van der Waals surface area (Å²) in [4.78, 5) is 12.6. The molecule has 0 spiro atoms. The fraction of sp³-hybridized carbons (Fsp3) is 0.148. The molecule has 0 atom stereocenters. The average molecular weight is 1040 g/mol. The number of aromatic hydroxyl groups is 1. The van der Waals surface area contributed by atoms with Crippen molar-refractivity contribution in [1.29, 1.82) is 0 Å². The Bertz CT molecular complexity index is 3110. The normalized spacial score (nSPS) is 11.5. The first kappa shape index (κ1) is 45.7. The molecule has 0 bridgehead atoms.